The van der Waals surface area contributed by atoms with E-state index in [2.05, 4.69) is 15.3 Å². The Morgan fingerprint density at radius 2 is 1.38 bits per heavy atom. The lowest BCUT2D eigenvalue weighted by Gasteiger charge is -2.09. The minimum Gasteiger partial charge on any atom is -0.456 e. The average Bonchev–Trinajstić information content (AvgIpc) is 2.98. The maximum Gasteiger partial charge on any atom is 0.251 e. The standard InChI is InChI=1S/C28H34N4O8/c29-32-31-10-12-36-14-16-38-18-20-39-19-17-37-15-13-35-11-9-30-28(34)23-7-5-22(6-8-23)27-21-25(33)24-3-1-2-4-26(24)40-27/h1-8,21H,9-20H2,(H,30,34). The monoisotopic (exact) mass is 554 g/mol. The molecule has 12 heteroatoms. The van der Waals surface area contributed by atoms with Crippen molar-refractivity contribution < 1.29 is 32.9 Å². The summed E-state index contributed by atoms with van der Waals surface area (Å²) in [6.07, 6.45) is 0. The number of nitrogens with one attached hydrogen (secondary N) is 1. The Labute approximate surface area is 231 Å². The maximum atomic E-state index is 12.4. The van der Waals surface area contributed by atoms with E-state index in [-0.39, 0.29) is 11.3 Å². The van der Waals surface area contributed by atoms with Gasteiger partial charge in [0, 0.05) is 35.2 Å². The number of nitrogens with zero attached hydrogens (tertiary/aromatic N) is 3. The van der Waals surface area contributed by atoms with Gasteiger partial charge in [-0.25, -0.2) is 0 Å². The van der Waals surface area contributed by atoms with E-state index in [4.69, 9.17) is 33.6 Å². The molecule has 0 aliphatic heterocycles. The van der Waals surface area contributed by atoms with E-state index in [0.717, 1.165) is 0 Å². The smallest absolute Gasteiger partial charge is 0.251 e. The zero-order valence-electron chi connectivity index (χ0n) is 22.3. The molecule has 2 aromatic carbocycles. The summed E-state index contributed by atoms with van der Waals surface area (Å²) in [5, 5.41) is 6.71. The Hall–Kier alpha value is -3.77. The molecule has 0 spiro atoms. The lowest BCUT2D eigenvalue weighted by molar-refractivity contribution is -0.0102. The Balaban J connectivity index is 1.17. The molecule has 0 atom stereocenters. The molecule has 0 saturated carbocycles. The summed E-state index contributed by atoms with van der Waals surface area (Å²) in [4.78, 5) is 27.4. The molecule has 1 amide bonds. The molecule has 0 aliphatic rings. The van der Waals surface area contributed by atoms with E-state index in [1.165, 1.54) is 6.07 Å². The molecule has 1 N–H and O–H groups in total. The van der Waals surface area contributed by atoms with E-state index in [1.807, 2.05) is 6.07 Å². The number of hydrogen-bond donors (Lipinski definition) is 1. The molecular weight excluding hydrogens is 520 g/mol. The number of hydrogen-bond acceptors (Lipinski definition) is 9. The van der Waals surface area contributed by atoms with Crippen LogP contribution < -0.4 is 10.7 Å². The van der Waals surface area contributed by atoms with Crippen molar-refractivity contribution >= 4 is 16.9 Å². The first-order valence-electron chi connectivity index (χ1n) is 13.0. The Kier molecular flexibility index (Phi) is 14.2. The maximum absolute atomic E-state index is 12.4. The van der Waals surface area contributed by atoms with Gasteiger partial charge in [0.2, 0.25) is 0 Å². The molecular formula is C28H34N4O8. The van der Waals surface area contributed by atoms with Crippen LogP contribution in [0.4, 0.5) is 0 Å². The molecule has 40 heavy (non-hydrogen) atoms. The van der Waals surface area contributed by atoms with Crippen molar-refractivity contribution in [3.8, 4) is 11.3 Å². The highest BCUT2D eigenvalue weighted by atomic mass is 16.6. The zero-order chi connectivity index (χ0) is 28.3. The predicted octanol–water partition coefficient (Wildman–Crippen LogP) is 3.58. The first-order valence-corrected chi connectivity index (χ1v) is 13.0. The molecule has 0 fully saturated rings. The van der Waals surface area contributed by atoms with Crippen molar-refractivity contribution in [2.45, 2.75) is 0 Å². The number of amides is 1. The Morgan fingerprint density at radius 3 is 2.00 bits per heavy atom. The minimum atomic E-state index is -0.217. The van der Waals surface area contributed by atoms with Gasteiger partial charge in [0.1, 0.15) is 11.3 Å². The number of carbonyl (C=O) groups is 1. The molecule has 3 rings (SSSR count). The predicted molar refractivity (Wildman–Crippen MR) is 148 cm³/mol. The molecule has 0 aliphatic carbocycles. The van der Waals surface area contributed by atoms with Gasteiger partial charge in [-0.1, -0.05) is 29.4 Å². The Bertz CT molecular complexity index is 1280. The summed E-state index contributed by atoms with van der Waals surface area (Å²) in [5.74, 6) is 0.232. The number of carbonyl (C=O) groups excluding carboxylic acids is 1. The third kappa shape index (κ3) is 11.1. The number of para-hydroxylation sites is 1. The minimum absolute atomic E-state index is 0.112. The van der Waals surface area contributed by atoms with E-state index < -0.39 is 0 Å². The van der Waals surface area contributed by atoms with E-state index in [9.17, 15) is 9.59 Å². The highest BCUT2D eigenvalue weighted by molar-refractivity contribution is 5.94. The fourth-order valence-corrected chi connectivity index (χ4v) is 3.50. The molecule has 3 aromatic rings. The lowest BCUT2D eigenvalue weighted by Crippen LogP contribution is -2.27. The number of benzene rings is 2. The second-order valence-corrected chi connectivity index (χ2v) is 8.32. The normalized spacial score (nSPS) is 10.9. The van der Waals surface area contributed by atoms with Crippen LogP contribution in [0.5, 0.6) is 0 Å². The van der Waals surface area contributed by atoms with Crippen LogP contribution in [0.15, 0.2) is 68.9 Å². The van der Waals surface area contributed by atoms with Crippen LogP contribution in [-0.2, 0) is 23.7 Å². The number of rotatable bonds is 20. The fourth-order valence-electron chi connectivity index (χ4n) is 3.50. The second kappa shape index (κ2) is 18.5. The van der Waals surface area contributed by atoms with Gasteiger partial charge in [-0.15, -0.1) is 0 Å². The van der Waals surface area contributed by atoms with Gasteiger partial charge in [0.05, 0.1) is 71.5 Å². The summed E-state index contributed by atoms with van der Waals surface area (Å²) in [6, 6.07) is 15.4. The molecule has 1 heterocycles. The van der Waals surface area contributed by atoms with Crippen molar-refractivity contribution in [3.63, 3.8) is 0 Å². The number of ether oxygens (including phenoxy) is 5. The van der Waals surface area contributed by atoms with Gasteiger partial charge in [-0.2, -0.15) is 0 Å². The van der Waals surface area contributed by atoms with Crippen molar-refractivity contribution in [2.24, 2.45) is 5.11 Å². The topological polar surface area (TPSA) is 154 Å². The summed E-state index contributed by atoms with van der Waals surface area (Å²) in [5.41, 5.74) is 9.75. The molecule has 0 unspecified atom stereocenters. The molecule has 214 valence electrons. The number of fused-ring (bicyclic) bond motifs is 1. The molecule has 0 saturated heterocycles. The summed E-state index contributed by atoms with van der Waals surface area (Å²) < 4.78 is 32.7. The van der Waals surface area contributed by atoms with Gasteiger partial charge in [-0.3, -0.25) is 9.59 Å². The van der Waals surface area contributed by atoms with E-state index in [0.29, 0.717) is 107 Å². The number of azide groups is 1. The molecule has 1 aromatic heterocycles. The van der Waals surface area contributed by atoms with Gasteiger partial charge in [0.25, 0.3) is 5.91 Å². The first-order chi connectivity index (χ1) is 19.7. The van der Waals surface area contributed by atoms with Gasteiger partial charge in [0.15, 0.2) is 5.43 Å². The third-order valence-corrected chi connectivity index (χ3v) is 5.49. The van der Waals surface area contributed by atoms with Crippen molar-refractivity contribution in [3.05, 3.63) is 80.8 Å². The van der Waals surface area contributed by atoms with Gasteiger partial charge in [-0.05, 0) is 29.8 Å². The quantitative estimate of drug-likeness (QED) is 0.0962. The Morgan fingerprint density at radius 1 is 0.800 bits per heavy atom. The third-order valence-electron chi connectivity index (χ3n) is 5.49. The van der Waals surface area contributed by atoms with Crippen LogP contribution in [0.1, 0.15) is 10.4 Å². The van der Waals surface area contributed by atoms with Crippen LogP contribution in [0.25, 0.3) is 32.7 Å². The summed E-state index contributed by atoms with van der Waals surface area (Å²) in [7, 11) is 0. The van der Waals surface area contributed by atoms with Crippen LogP contribution in [0, 0.1) is 0 Å². The van der Waals surface area contributed by atoms with Crippen molar-refractivity contribution in [1.29, 1.82) is 0 Å². The van der Waals surface area contributed by atoms with Crippen LogP contribution in [0.2, 0.25) is 0 Å². The van der Waals surface area contributed by atoms with E-state index in [1.54, 1.807) is 42.5 Å². The molecule has 0 bridgehead atoms. The van der Waals surface area contributed by atoms with Crippen molar-refractivity contribution in [1.82, 2.24) is 5.32 Å². The highest BCUT2D eigenvalue weighted by Crippen LogP contribution is 2.22. The van der Waals surface area contributed by atoms with Crippen molar-refractivity contribution in [2.75, 3.05) is 79.2 Å². The second-order valence-electron chi connectivity index (χ2n) is 8.32. The van der Waals surface area contributed by atoms with Gasteiger partial charge >= 0.3 is 0 Å². The van der Waals surface area contributed by atoms with Crippen LogP contribution in [0.3, 0.4) is 0 Å². The van der Waals surface area contributed by atoms with E-state index >= 15 is 0 Å². The summed E-state index contributed by atoms with van der Waals surface area (Å²) in [6.45, 7) is 4.96. The lowest BCUT2D eigenvalue weighted by atomic mass is 10.1. The first kappa shape index (κ1) is 30.8. The largest absolute Gasteiger partial charge is 0.456 e. The van der Waals surface area contributed by atoms with Crippen LogP contribution >= 0.6 is 0 Å². The van der Waals surface area contributed by atoms with Gasteiger partial charge < -0.3 is 33.4 Å². The summed E-state index contributed by atoms with van der Waals surface area (Å²) >= 11 is 0. The van der Waals surface area contributed by atoms with Crippen LogP contribution in [-0.4, -0.2) is 85.1 Å². The molecule has 12 nitrogen and oxygen atoms in total. The average molecular weight is 555 g/mol. The molecule has 0 radical (unpaired) electrons. The zero-order valence-corrected chi connectivity index (χ0v) is 22.3. The fraction of sp³-hybridized carbons (Fsp3) is 0.429. The highest BCUT2D eigenvalue weighted by Gasteiger charge is 2.09. The SMILES string of the molecule is [N-]=[N+]=NCCOCCOCCOCCOCCOCCNC(=O)c1ccc(-c2cc(=O)c3ccccc3o2)cc1.